The van der Waals surface area contributed by atoms with Crippen molar-refractivity contribution in [2.75, 3.05) is 13.1 Å². The van der Waals surface area contributed by atoms with E-state index >= 15 is 0 Å². The Bertz CT molecular complexity index is 715. The van der Waals surface area contributed by atoms with Crippen molar-refractivity contribution >= 4 is 5.57 Å². The summed E-state index contributed by atoms with van der Waals surface area (Å²) in [5.74, 6) is 1.13. The number of aliphatic hydroxyl groups excluding tert-OH is 1. The fourth-order valence-corrected chi connectivity index (χ4v) is 3.23. The van der Waals surface area contributed by atoms with Crippen molar-refractivity contribution in [2.45, 2.75) is 58.8 Å². The first-order chi connectivity index (χ1) is 12.1. The van der Waals surface area contributed by atoms with Crippen LogP contribution in [-0.2, 0) is 13.1 Å². The number of hydrogen-bond donors (Lipinski definition) is 1. The topological polar surface area (TPSA) is 59.1 Å². The molecule has 0 aromatic carbocycles. The van der Waals surface area contributed by atoms with Crippen molar-refractivity contribution in [3.63, 3.8) is 0 Å². The number of rotatable bonds is 7. The lowest BCUT2D eigenvalue weighted by Gasteiger charge is -2.26. The molecule has 3 heterocycles. The van der Waals surface area contributed by atoms with E-state index < -0.39 is 0 Å². The largest absolute Gasteiger partial charge is 0.391 e. The Morgan fingerprint density at radius 3 is 2.84 bits per heavy atom. The summed E-state index contributed by atoms with van der Waals surface area (Å²) in [4.78, 5) is 6.94. The molecule has 0 amide bonds. The standard InChI is InChI=1S/C19H29N5O/c1-4-18(25)13-23-12-17(11-21-23)16-5-8-22(9-6-16)14-19-20-7-10-24(19)15(2)3/h5,7,10-12,15,18,25H,4,6,8-9,13-14H2,1-3H3/t18-/m1/s1. The minimum atomic E-state index is -0.326. The highest BCUT2D eigenvalue weighted by atomic mass is 16.3. The summed E-state index contributed by atoms with van der Waals surface area (Å²) in [5.41, 5.74) is 2.52. The minimum absolute atomic E-state index is 0.326. The number of hydrogen-bond acceptors (Lipinski definition) is 4. The van der Waals surface area contributed by atoms with Crippen LogP contribution < -0.4 is 0 Å². The van der Waals surface area contributed by atoms with Crippen molar-refractivity contribution in [3.8, 4) is 0 Å². The Labute approximate surface area is 149 Å². The third-order valence-electron chi connectivity index (χ3n) is 4.84. The highest BCUT2D eigenvalue weighted by Crippen LogP contribution is 2.23. The van der Waals surface area contributed by atoms with Crippen molar-refractivity contribution in [1.29, 1.82) is 0 Å². The van der Waals surface area contributed by atoms with E-state index in [9.17, 15) is 5.11 Å². The second-order valence-electron chi connectivity index (χ2n) is 7.07. The number of imidazole rings is 1. The maximum atomic E-state index is 9.76. The van der Waals surface area contributed by atoms with Gasteiger partial charge in [-0.05, 0) is 32.3 Å². The first-order valence-corrected chi connectivity index (χ1v) is 9.20. The van der Waals surface area contributed by atoms with Gasteiger partial charge in [-0.25, -0.2) is 4.98 Å². The van der Waals surface area contributed by atoms with Gasteiger partial charge in [-0.2, -0.15) is 5.10 Å². The summed E-state index contributed by atoms with van der Waals surface area (Å²) in [6, 6.07) is 0.442. The van der Waals surface area contributed by atoms with Crippen LogP contribution in [0, 0.1) is 0 Å². The Morgan fingerprint density at radius 2 is 2.16 bits per heavy atom. The smallest absolute Gasteiger partial charge is 0.123 e. The van der Waals surface area contributed by atoms with Gasteiger partial charge < -0.3 is 9.67 Å². The molecule has 2 aromatic heterocycles. The van der Waals surface area contributed by atoms with Gasteiger partial charge in [0.2, 0.25) is 0 Å². The molecular weight excluding hydrogens is 314 g/mol. The summed E-state index contributed by atoms with van der Waals surface area (Å²) in [6.45, 7) is 9.77. The van der Waals surface area contributed by atoms with Gasteiger partial charge >= 0.3 is 0 Å². The summed E-state index contributed by atoms with van der Waals surface area (Å²) >= 11 is 0. The zero-order chi connectivity index (χ0) is 17.8. The first-order valence-electron chi connectivity index (χ1n) is 9.20. The summed E-state index contributed by atoms with van der Waals surface area (Å²) in [6.07, 6.45) is 11.6. The van der Waals surface area contributed by atoms with Crippen LogP contribution in [-0.4, -0.2) is 48.5 Å². The quantitative estimate of drug-likeness (QED) is 0.840. The van der Waals surface area contributed by atoms with E-state index in [-0.39, 0.29) is 6.10 Å². The average Bonchev–Trinajstić information content (AvgIpc) is 3.25. The van der Waals surface area contributed by atoms with Gasteiger partial charge in [-0.1, -0.05) is 13.0 Å². The molecule has 0 spiro atoms. The average molecular weight is 343 g/mol. The van der Waals surface area contributed by atoms with E-state index in [0.717, 1.165) is 38.3 Å². The lowest BCUT2D eigenvalue weighted by atomic mass is 10.0. The molecule has 0 saturated carbocycles. The predicted octanol–water partition coefficient (Wildman–Crippen LogP) is 2.72. The van der Waals surface area contributed by atoms with E-state index in [1.165, 1.54) is 11.1 Å². The first kappa shape index (κ1) is 17.9. The van der Waals surface area contributed by atoms with Crippen LogP contribution in [0.25, 0.3) is 5.57 Å². The molecule has 0 bridgehead atoms. The second-order valence-corrected chi connectivity index (χ2v) is 7.07. The van der Waals surface area contributed by atoms with Crippen LogP contribution in [0.1, 0.15) is 51.0 Å². The molecule has 0 unspecified atom stereocenters. The van der Waals surface area contributed by atoms with E-state index in [4.69, 9.17) is 0 Å². The van der Waals surface area contributed by atoms with Crippen LogP contribution in [0.5, 0.6) is 0 Å². The molecule has 0 radical (unpaired) electrons. The van der Waals surface area contributed by atoms with Gasteiger partial charge in [0.05, 0.1) is 25.4 Å². The maximum Gasteiger partial charge on any atom is 0.123 e. The molecule has 3 rings (SSSR count). The molecule has 1 aliphatic rings. The van der Waals surface area contributed by atoms with Crippen LogP contribution >= 0.6 is 0 Å². The van der Waals surface area contributed by atoms with Gasteiger partial charge in [-0.15, -0.1) is 0 Å². The zero-order valence-corrected chi connectivity index (χ0v) is 15.5. The third-order valence-corrected chi connectivity index (χ3v) is 4.84. The molecule has 6 heteroatoms. The monoisotopic (exact) mass is 343 g/mol. The molecule has 0 aliphatic carbocycles. The fraction of sp³-hybridized carbons (Fsp3) is 0.579. The molecule has 136 valence electrons. The SMILES string of the molecule is CC[C@@H](O)Cn1cc(C2=CCN(Cc3nccn3C(C)C)CC2)cn1. The zero-order valence-electron chi connectivity index (χ0n) is 15.5. The van der Waals surface area contributed by atoms with Crippen LogP contribution in [0.4, 0.5) is 0 Å². The Hall–Kier alpha value is -1.92. The van der Waals surface area contributed by atoms with E-state index in [0.29, 0.717) is 12.6 Å². The highest BCUT2D eigenvalue weighted by molar-refractivity contribution is 5.65. The molecule has 1 N–H and O–H groups in total. The van der Waals surface area contributed by atoms with Crippen molar-refractivity contribution < 1.29 is 5.11 Å². The number of aromatic nitrogens is 4. The number of aliphatic hydroxyl groups is 1. The molecule has 0 fully saturated rings. The molecule has 2 aromatic rings. The normalized spacial score (nSPS) is 17.1. The summed E-state index contributed by atoms with van der Waals surface area (Å²) < 4.78 is 4.08. The van der Waals surface area contributed by atoms with Gasteiger partial charge in [0, 0.05) is 43.3 Å². The second kappa shape index (κ2) is 7.97. The third kappa shape index (κ3) is 4.38. The molecule has 25 heavy (non-hydrogen) atoms. The summed E-state index contributed by atoms with van der Waals surface area (Å²) in [5, 5.41) is 14.1. The van der Waals surface area contributed by atoms with Gasteiger partial charge in [0.15, 0.2) is 0 Å². The number of nitrogens with zero attached hydrogens (tertiary/aromatic N) is 5. The maximum absolute atomic E-state index is 9.76. The minimum Gasteiger partial charge on any atom is -0.391 e. The van der Waals surface area contributed by atoms with Crippen molar-refractivity contribution in [3.05, 3.63) is 42.3 Å². The lowest BCUT2D eigenvalue weighted by Crippen LogP contribution is -2.29. The molecule has 1 aliphatic heterocycles. The van der Waals surface area contributed by atoms with Gasteiger partial charge in [-0.3, -0.25) is 9.58 Å². The molecule has 1 atom stereocenters. The predicted molar refractivity (Wildman–Crippen MR) is 99.0 cm³/mol. The Morgan fingerprint density at radius 1 is 1.32 bits per heavy atom. The van der Waals surface area contributed by atoms with Crippen LogP contribution in [0.15, 0.2) is 30.9 Å². The Balaban J connectivity index is 1.60. The van der Waals surface area contributed by atoms with Crippen LogP contribution in [0.2, 0.25) is 0 Å². The van der Waals surface area contributed by atoms with E-state index in [2.05, 4.69) is 45.7 Å². The summed E-state index contributed by atoms with van der Waals surface area (Å²) in [7, 11) is 0. The fourth-order valence-electron chi connectivity index (χ4n) is 3.23. The highest BCUT2D eigenvalue weighted by Gasteiger charge is 2.17. The van der Waals surface area contributed by atoms with Gasteiger partial charge in [0.1, 0.15) is 5.82 Å². The lowest BCUT2D eigenvalue weighted by molar-refractivity contribution is 0.145. The molecular formula is C19H29N5O. The van der Waals surface area contributed by atoms with E-state index in [1.54, 1.807) is 0 Å². The van der Waals surface area contributed by atoms with Crippen molar-refractivity contribution in [2.24, 2.45) is 0 Å². The Kier molecular flexibility index (Phi) is 5.71. The van der Waals surface area contributed by atoms with Crippen molar-refractivity contribution in [1.82, 2.24) is 24.2 Å². The van der Waals surface area contributed by atoms with E-state index in [1.807, 2.05) is 30.2 Å². The van der Waals surface area contributed by atoms with Gasteiger partial charge in [0.25, 0.3) is 0 Å². The molecule has 6 nitrogen and oxygen atoms in total. The molecule has 0 saturated heterocycles. The van der Waals surface area contributed by atoms with Crippen LogP contribution in [0.3, 0.4) is 0 Å².